The number of halogens is 2. The van der Waals surface area contributed by atoms with Gasteiger partial charge < -0.3 is 24.8 Å². The van der Waals surface area contributed by atoms with Crippen molar-refractivity contribution in [3.8, 4) is 33.4 Å². The predicted octanol–water partition coefficient (Wildman–Crippen LogP) is 4.28. The molecule has 0 nitrogen and oxygen atoms in total. The molecule has 1 saturated carbocycles. The van der Waals surface area contributed by atoms with Crippen LogP contribution in [0.2, 0.25) is 0 Å². The Morgan fingerprint density at radius 1 is 0.614 bits per heavy atom. The number of hydrogen-bond donors (Lipinski definition) is 0. The van der Waals surface area contributed by atoms with Crippen molar-refractivity contribution in [1.82, 2.24) is 0 Å². The molecule has 4 aromatic carbocycles. The van der Waals surface area contributed by atoms with Gasteiger partial charge in [-0.1, -0.05) is 0 Å². The monoisotopic (exact) mass is 652 g/mol. The van der Waals surface area contributed by atoms with Crippen molar-refractivity contribution < 1.29 is 42.2 Å². The Hall–Kier alpha value is -2.48. The molecular formula is C41H42Cl2Ti. The van der Waals surface area contributed by atoms with Crippen LogP contribution >= 0.6 is 0 Å². The third-order valence-electron chi connectivity index (χ3n) is 9.87. The minimum atomic E-state index is -1.82. The molecule has 0 radical (unpaired) electrons. The van der Waals surface area contributed by atoms with E-state index in [-0.39, 0.29) is 24.8 Å². The second-order valence-corrected chi connectivity index (χ2v) is 17.3. The maximum Gasteiger partial charge on any atom is -1.00 e. The quantitative estimate of drug-likeness (QED) is 0.254. The summed E-state index contributed by atoms with van der Waals surface area (Å²) in [5.41, 5.74) is 19.9. The molecule has 0 saturated heterocycles. The minimum absolute atomic E-state index is 0. The van der Waals surface area contributed by atoms with E-state index in [1.54, 1.807) is 13.3 Å². The summed E-state index contributed by atoms with van der Waals surface area (Å²) in [6, 6.07) is 22.0. The van der Waals surface area contributed by atoms with E-state index in [1.807, 2.05) is 3.81 Å². The Bertz CT molecular complexity index is 1830. The van der Waals surface area contributed by atoms with Gasteiger partial charge in [0.15, 0.2) is 0 Å². The number of benzene rings is 4. The van der Waals surface area contributed by atoms with Crippen LogP contribution in [0.5, 0.6) is 0 Å². The molecule has 7 rings (SSSR count). The standard InChI is InChI=1S/C31H29.C5H8.C5H5.2ClH.Ti/c1-18-11-20(3)30(21(4)12-18)26-9-7-24-15-25-8-10-27(17-29(25)28(24)16-26)31-22(5)13-19(2)14-23(31)6;2*1-2-4-5-3-1;;;/h7,9-14,16-17H,15H2,1-6H3;1-4H2;1-3H,4H2;2*1H;/q;;;;;+2/p-2. The van der Waals surface area contributed by atoms with Gasteiger partial charge in [0.1, 0.15) is 0 Å². The van der Waals surface area contributed by atoms with Crippen LogP contribution in [0.25, 0.3) is 33.4 Å². The second-order valence-electron chi connectivity index (χ2n) is 13.2. The molecule has 0 amide bonds. The zero-order valence-corrected chi connectivity index (χ0v) is 30.0. The van der Waals surface area contributed by atoms with E-state index >= 15 is 0 Å². The van der Waals surface area contributed by atoms with Gasteiger partial charge in [0.25, 0.3) is 0 Å². The fourth-order valence-corrected chi connectivity index (χ4v) is 13.7. The smallest absolute Gasteiger partial charge is 1.00 e. The van der Waals surface area contributed by atoms with Crippen molar-refractivity contribution in [2.45, 2.75) is 80.1 Å². The summed E-state index contributed by atoms with van der Waals surface area (Å²) in [5, 5.41) is 0. The van der Waals surface area contributed by atoms with Gasteiger partial charge in [-0.05, 0) is 0 Å². The van der Waals surface area contributed by atoms with Gasteiger partial charge in [-0.3, -0.25) is 0 Å². The Labute approximate surface area is 282 Å². The third-order valence-corrected chi connectivity index (χ3v) is 14.9. The van der Waals surface area contributed by atoms with Gasteiger partial charge in [-0.25, -0.2) is 0 Å². The second kappa shape index (κ2) is 13.1. The Balaban J connectivity index is 0.00000192. The van der Waals surface area contributed by atoms with E-state index in [9.17, 15) is 0 Å². The first-order chi connectivity index (χ1) is 20.3. The molecule has 1 fully saturated rings. The fourth-order valence-electron chi connectivity index (χ4n) is 8.34. The van der Waals surface area contributed by atoms with Gasteiger partial charge in [0, 0.05) is 0 Å². The normalized spacial score (nSPS) is 14.4. The average Bonchev–Trinajstić information content (AvgIpc) is 3.70. The van der Waals surface area contributed by atoms with Crippen molar-refractivity contribution in [3.63, 3.8) is 0 Å². The molecule has 3 aliphatic rings. The Kier molecular flexibility index (Phi) is 9.79. The Morgan fingerprint density at radius 2 is 1.18 bits per heavy atom. The Morgan fingerprint density at radius 3 is 1.75 bits per heavy atom. The fraction of sp³-hybridized carbons (Fsp3) is 0.293. The summed E-state index contributed by atoms with van der Waals surface area (Å²) in [5.74, 6) is 0. The summed E-state index contributed by atoms with van der Waals surface area (Å²) in [6.45, 7) is 13.6. The van der Waals surface area contributed by atoms with Crippen molar-refractivity contribution in [2.75, 3.05) is 0 Å². The van der Waals surface area contributed by atoms with E-state index in [0.717, 1.165) is 12.8 Å². The number of rotatable bonds is 4. The molecular weight excluding hydrogens is 611 g/mol. The van der Waals surface area contributed by atoms with Gasteiger partial charge in [-0.15, -0.1) is 0 Å². The summed E-state index contributed by atoms with van der Waals surface area (Å²) >= 11 is -1.82. The van der Waals surface area contributed by atoms with Crippen molar-refractivity contribution in [3.05, 3.63) is 121 Å². The van der Waals surface area contributed by atoms with Crippen LogP contribution in [-0.4, -0.2) is 3.81 Å². The molecule has 0 bridgehead atoms. The van der Waals surface area contributed by atoms with Crippen LogP contribution in [-0.2, 0) is 23.8 Å². The van der Waals surface area contributed by atoms with Gasteiger partial charge in [-0.2, -0.15) is 0 Å². The first-order valence-electron chi connectivity index (χ1n) is 15.8. The summed E-state index contributed by atoms with van der Waals surface area (Å²) in [7, 11) is 0. The van der Waals surface area contributed by atoms with Gasteiger partial charge >= 0.3 is 260 Å². The van der Waals surface area contributed by atoms with E-state index < -0.39 is 17.4 Å². The SMILES string of the molecule is Cc1cc(C)c(-c2ccc3c(c2)-c2cc(-c4c(C)cc(C)cc4C)c[c]([Ti+2]([C]4=CC=CC4)=[C]4CCCC4)c2C3)c(C)c1.[Cl-].[Cl-]. The van der Waals surface area contributed by atoms with Crippen LogP contribution in [0.4, 0.5) is 0 Å². The largest absolute Gasteiger partial charge is 1.00 e. The zero-order valence-electron chi connectivity index (χ0n) is 26.9. The molecule has 224 valence electrons. The van der Waals surface area contributed by atoms with Gasteiger partial charge in [0.2, 0.25) is 0 Å². The first kappa shape index (κ1) is 32.9. The molecule has 3 aliphatic carbocycles. The maximum atomic E-state index is 2.67. The van der Waals surface area contributed by atoms with Crippen LogP contribution in [0.1, 0.15) is 76.6 Å². The van der Waals surface area contributed by atoms with E-state index in [0.29, 0.717) is 0 Å². The molecule has 0 aromatic heterocycles. The molecule has 0 heterocycles. The van der Waals surface area contributed by atoms with Gasteiger partial charge in [0.05, 0.1) is 0 Å². The molecule has 4 aromatic rings. The number of aryl methyl sites for hydroxylation is 6. The maximum absolute atomic E-state index is 2.67. The number of fused-ring (bicyclic) bond motifs is 3. The summed E-state index contributed by atoms with van der Waals surface area (Å²) in [4.78, 5) is 0. The molecule has 3 heteroatoms. The number of allylic oxidation sites excluding steroid dienone is 4. The molecule has 44 heavy (non-hydrogen) atoms. The third kappa shape index (κ3) is 5.80. The molecule has 0 unspecified atom stereocenters. The van der Waals surface area contributed by atoms with Crippen LogP contribution in [0, 0.1) is 41.5 Å². The van der Waals surface area contributed by atoms with Crippen molar-refractivity contribution in [1.29, 1.82) is 0 Å². The van der Waals surface area contributed by atoms with E-state index in [2.05, 4.69) is 114 Å². The van der Waals surface area contributed by atoms with Crippen molar-refractivity contribution >= 4 is 7.68 Å². The number of hydrogen-bond acceptors (Lipinski definition) is 0. The molecule has 0 spiro atoms. The average molecular weight is 654 g/mol. The molecule has 0 atom stereocenters. The predicted molar refractivity (Wildman–Crippen MR) is 179 cm³/mol. The molecule has 0 N–H and O–H groups in total. The van der Waals surface area contributed by atoms with Crippen LogP contribution in [0.3, 0.4) is 0 Å². The molecule has 0 aliphatic heterocycles. The van der Waals surface area contributed by atoms with Crippen molar-refractivity contribution in [2.24, 2.45) is 0 Å². The zero-order chi connectivity index (χ0) is 29.1. The van der Waals surface area contributed by atoms with E-state index in [1.165, 1.54) is 98.0 Å². The minimum Gasteiger partial charge on any atom is -1.00 e. The van der Waals surface area contributed by atoms with Crippen LogP contribution in [0.15, 0.2) is 76.7 Å². The van der Waals surface area contributed by atoms with Crippen LogP contribution < -0.4 is 28.7 Å². The first-order valence-corrected chi connectivity index (χ1v) is 18.2. The topological polar surface area (TPSA) is 0 Å². The summed E-state index contributed by atoms with van der Waals surface area (Å²) < 4.78 is 5.41. The van der Waals surface area contributed by atoms with E-state index in [4.69, 9.17) is 0 Å². The summed E-state index contributed by atoms with van der Waals surface area (Å²) in [6.07, 6.45) is 14.9.